The van der Waals surface area contributed by atoms with Gasteiger partial charge in [0, 0.05) is 29.0 Å². The van der Waals surface area contributed by atoms with Gasteiger partial charge in [0.15, 0.2) is 0 Å². The van der Waals surface area contributed by atoms with Gasteiger partial charge in [-0.3, -0.25) is 0 Å². The van der Waals surface area contributed by atoms with Crippen LogP contribution < -0.4 is 15.5 Å². The van der Waals surface area contributed by atoms with Crippen molar-refractivity contribution in [2.75, 3.05) is 16.9 Å². The van der Waals surface area contributed by atoms with Crippen LogP contribution in [-0.2, 0) is 6.42 Å². The van der Waals surface area contributed by atoms with Crippen LogP contribution in [0.15, 0.2) is 78.8 Å². The molecule has 2 aromatic carbocycles. The van der Waals surface area contributed by atoms with E-state index in [-0.39, 0.29) is 0 Å². The molecule has 0 atom stereocenters. The summed E-state index contributed by atoms with van der Waals surface area (Å²) in [4.78, 5) is 2.20. The Morgan fingerprint density at radius 2 is 1.96 bits per heavy atom. The number of hydrogen-bond acceptors (Lipinski definition) is 3. The highest BCUT2D eigenvalue weighted by molar-refractivity contribution is 5.62. The number of para-hydroxylation sites is 1. The molecule has 0 saturated carbocycles. The molecular formula is C23H27N3. The smallest absolute Gasteiger partial charge is 0.0918 e. The van der Waals surface area contributed by atoms with Crippen molar-refractivity contribution in [3.63, 3.8) is 0 Å². The molecule has 0 unspecified atom stereocenters. The Balaban J connectivity index is 1.62. The summed E-state index contributed by atoms with van der Waals surface area (Å²) in [6.07, 6.45) is 8.45. The lowest BCUT2D eigenvalue weighted by atomic mass is 10.1. The van der Waals surface area contributed by atoms with E-state index in [9.17, 15) is 0 Å². The Bertz CT molecular complexity index is 816. The van der Waals surface area contributed by atoms with Crippen LogP contribution in [0.1, 0.15) is 31.4 Å². The van der Waals surface area contributed by atoms with Gasteiger partial charge in [0.05, 0.1) is 6.67 Å². The molecule has 0 saturated heterocycles. The third-order valence-electron chi connectivity index (χ3n) is 4.41. The van der Waals surface area contributed by atoms with Gasteiger partial charge in [-0.15, -0.1) is 0 Å². The lowest BCUT2D eigenvalue weighted by Gasteiger charge is -2.14. The molecule has 0 aromatic heterocycles. The van der Waals surface area contributed by atoms with Crippen molar-refractivity contribution in [1.29, 1.82) is 0 Å². The van der Waals surface area contributed by atoms with E-state index in [1.165, 1.54) is 16.9 Å². The average Bonchev–Trinajstić information content (AvgIpc) is 3.09. The first-order chi connectivity index (χ1) is 12.7. The summed E-state index contributed by atoms with van der Waals surface area (Å²) < 4.78 is 0. The summed E-state index contributed by atoms with van der Waals surface area (Å²) in [6, 6.07) is 17.0. The lowest BCUT2D eigenvalue weighted by Crippen LogP contribution is -2.20. The fourth-order valence-electron chi connectivity index (χ4n) is 3.02. The zero-order valence-corrected chi connectivity index (χ0v) is 15.6. The highest BCUT2D eigenvalue weighted by atomic mass is 15.3. The summed E-state index contributed by atoms with van der Waals surface area (Å²) >= 11 is 0. The van der Waals surface area contributed by atoms with Crippen molar-refractivity contribution in [2.24, 2.45) is 0 Å². The number of anilines is 2. The molecule has 2 aromatic rings. The Morgan fingerprint density at radius 3 is 2.65 bits per heavy atom. The molecule has 26 heavy (non-hydrogen) atoms. The minimum absolute atomic E-state index is 0.832. The highest BCUT2D eigenvalue weighted by Crippen LogP contribution is 2.21. The van der Waals surface area contributed by atoms with Gasteiger partial charge in [0.2, 0.25) is 0 Å². The largest absolute Gasteiger partial charge is 0.370 e. The molecule has 1 heterocycles. The molecule has 0 radical (unpaired) electrons. The van der Waals surface area contributed by atoms with E-state index in [0.29, 0.717) is 0 Å². The van der Waals surface area contributed by atoms with Crippen LogP contribution in [0.4, 0.5) is 11.4 Å². The maximum atomic E-state index is 4.13. The normalized spacial score (nSPS) is 13.6. The molecule has 0 amide bonds. The van der Waals surface area contributed by atoms with Gasteiger partial charge < -0.3 is 15.5 Å². The Labute approximate surface area is 156 Å². The number of allylic oxidation sites excluding steroid dienone is 2. The summed E-state index contributed by atoms with van der Waals surface area (Å²) in [6.45, 7) is 9.24. The van der Waals surface area contributed by atoms with Crippen LogP contribution in [0.25, 0.3) is 6.08 Å². The van der Waals surface area contributed by atoms with E-state index in [4.69, 9.17) is 0 Å². The Kier molecular flexibility index (Phi) is 5.80. The summed E-state index contributed by atoms with van der Waals surface area (Å²) in [5.41, 5.74) is 6.91. The van der Waals surface area contributed by atoms with Gasteiger partial charge in [-0.05, 0) is 48.7 Å². The fraction of sp³-hybridized carbons (Fsp3) is 0.217. The number of nitrogens with zero attached hydrogens (tertiary/aromatic N) is 1. The molecule has 1 aliphatic heterocycles. The molecule has 0 aliphatic carbocycles. The van der Waals surface area contributed by atoms with Gasteiger partial charge >= 0.3 is 0 Å². The maximum Gasteiger partial charge on any atom is 0.0918 e. The van der Waals surface area contributed by atoms with Crippen molar-refractivity contribution in [1.82, 2.24) is 5.32 Å². The van der Waals surface area contributed by atoms with E-state index in [0.717, 1.165) is 36.5 Å². The monoisotopic (exact) mass is 345 g/mol. The second kappa shape index (κ2) is 8.43. The predicted octanol–water partition coefficient (Wildman–Crippen LogP) is 5.51. The van der Waals surface area contributed by atoms with Crippen LogP contribution in [0.2, 0.25) is 0 Å². The molecule has 1 aliphatic rings. The predicted molar refractivity (Wildman–Crippen MR) is 113 cm³/mol. The van der Waals surface area contributed by atoms with Crippen molar-refractivity contribution in [3.05, 3.63) is 89.9 Å². The summed E-state index contributed by atoms with van der Waals surface area (Å²) in [5.74, 6) is 0. The highest BCUT2D eigenvalue weighted by Gasteiger charge is 2.09. The molecule has 2 N–H and O–H groups in total. The molecule has 0 spiro atoms. The first-order valence-corrected chi connectivity index (χ1v) is 9.16. The van der Waals surface area contributed by atoms with Gasteiger partial charge in [-0.25, -0.2) is 0 Å². The zero-order valence-electron chi connectivity index (χ0n) is 15.6. The van der Waals surface area contributed by atoms with Crippen molar-refractivity contribution >= 4 is 17.5 Å². The third kappa shape index (κ3) is 4.57. The summed E-state index contributed by atoms with van der Waals surface area (Å²) in [5, 5.41) is 6.73. The first-order valence-electron chi connectivity index (χ1n) is 9.16. The van der Waals surface area contributed by atoms with Gasteiger partial charge in [0.25, 0.3) is 0 Å². The molecule has 3 nitrogen and oxygen atoms in total. The standard InChI is InChI=1S/C23H27N3/c1-4-7-21-8-5-6-9-23(21)25-18(2)10-11-20-12-14-22(15-13-20)26-16-19(3)24-17-26/h5-6,8-16,24-25H,2,4,7,17H2,1,3H3/b11-10+. The molecule has 0 fully saturated rings. The van der Waals surface area contributed by atoms with Crippen LogP contribution in [0.3, 0.4) is 0 Å². The second-order valence-corrected chi connectivity index (χ2v) is 6.60. The molecule has 0 bridgehead atoms. The fourth-order valence-corrected chi connectivity index (χ4v) is 3.02. The van der Waals surface area contributed by atoms with Crippen molar-refractivity contribution in [3.8, 4) is 0 Å². The van der Waals surface area contributed by atoms with Crippen LogP contribution >= 0.6 is 0 Å². The van der Waals surface area contributed by atoms with Gasteiger partial charge in [-0.1, -0.05) is 56.3 Å². The Hall–Kier alpha value is -2.94. The minimum atomic E-state index is 0.832. The average molecular weight is 345 g/mol. The topological polar surface area (TPSA) is 27.3 Å². The number of aryl methyl sites for hydroxylation is 1. The van der Waals surface area contributed by atoms with E-state index in [2.05, 4.69) is 96.8 Å². The second-order valence-electron chi connectivity index (χ2n) is 6.60. The van der Waals surface area contributed by atoms with Crippen molar-refractivity contribution < 1.29 is 0 Å². The number of nitrogens with one attached hydrogen (secondary N) is 2. The number of benzene rings is 2. The van der Waals surface area contributed by atoms with Crippen LogP contribution in [-0.4, -0.2) is 6.67 Å². The van der Waals surface area contributed by atoms with Gasteiger partial charge in [0.1, 0.15) is 0 Å². The molecular weight excluding hydrogens is 318 g/mol. The maximum absolute atomic E-state index is 4.13. The molecule has 134 valence electrons. The van der Waals surface area contributed by atoms with Gasteiger partial charge in [-0.2, -0.15) is 0 Å². The molecule has 3 heteroatoms. The lowest BCUT2D eigenvalue weighted by molar-refractivity contribution is 0.865. The summed E-state index contributed by atoms with van der Waals surface area (Å²) in [7, 11) is 0. The van der Waals surface area contributed by atoms with E-state index in [1.54, 1.807) is 0 Å². The van der Waals surface area contributed by atoms with Crippen LogP contribution in [0, 0.1) is 0 Å². The van der Waals surface area contributed by atoms with E-state index in [1.807, 2.05) is 6.08 Å². The number of rotatable bonds is 7. The first kappa shape index (κ1) is 17.9. The number of hydrogen-bond donors (Lipinski definition) is 2. The van der Waals surface area contributed by atoms with Crippen molar-refractivity contribution in [2.45, 2.75) is 26.7 Å². The SMILES string of the molecule is C=C(/C=C/c1ccc(N2C=C(C)NC2)cc1)Nc1ccccc1CCC. The zero-order chi connectivity index (χ0) is 18.4. The van der Waals surface area contributed by atoms with Crippen LogP contribution in [0.5, 0.6) is 0 Å². The van der Waals surface area contributed by atoms with E-state index >= 15 is 0 Å². The van der Waals surface area contributed by atoms with E-state index < -0.39 is 0 Å². The minimum Gasteiger partial charge on any atom is -0.370 e. The third-order valence-corrected chi connectivity index (χ3v) is 4.41. The Morgan fingerprint density at radius 1 is 1.19 bits per heavy atom. The quantitative estimate of drug-likeness (QED) is 0.648. The molecule has 3 rings (SSSR count).